The van der Waals surface area contributed by atoms with E-state index in [0.29, 0.717) is 0 Å². The van der Waals surface area contributed by atoms with Gasteiger partial charge in [-0.05, 0) is 5.69 Å². The van der Waals surface area contributed by atoms with E-state index in [-0.39, 0.29) is 0 Å². The molecule has 0 N–H and O–H groups in total. The van der Waals surface area contributed by atoms with E-state index < -0.39 is 20.8 Å². The summed E-state index contributed by atoms with van der Waals surface area (Å²) in [6.07, 6.45) is 5.56. The summed E-state index contributed by atoms with van der Waals surface area (Å²) in [5.74, 6) is 0. The summed E-state index contributed by atoms with van der Waals surface area (Å²) in [5, 5.41) is 2.55. The molecule has 0 atom stereocenters. The first-order valence-electron chi connectivity index (χ1n) is 6.62. The van der Waals surface area contributed by atoms with Crippen LogP contribution in [0.4, 0.5) is 0 Å². The number of imidazole rings is 1. The summed E-state index contributed by atoms with van der Waals surface area (Å²) < 4.78 is 2.01. The molecule has 5 heteroatoms. The van der Waals surface area contributed by atoms with Crippen molar-refractivity contribution < 1.29 is 20.8 Å². The number of hydrogen-bond donors (Lipinski definition) is 0. The SMILES string of the molecule is [Cl][Zr+2][Cl].c1cc[cH-]c1.c1ccc2[cH-]c(-n3ccnc3)cc2c1. The third-order valence-electron chi connectivity index (χ3n) is 2.96. The molecule has 0 aliphatic rings. The van der Waals surface area contributed by atoms with Crippen molar-refractivity contribution in [3.63, 3.8) is 0 Å². The molecule has 22 heavy (non-hydrogen) atoms. The van der Waals surface area contributed by atoms with E-state index in [1.807, 2.05) is 47.4 Å². The van der Waals surface area contributed by atoms with Crippen molar-refractivity contribution in [2.75, 3.05) is 0 Å². The Morgan fingerprint density at radius 1 is 1.05 bits per heavy atom. The predicted octanol–water partition coefficient (Wildman–Crippen LogP) is 5.53. The van der Waals surface area contributed by atoms with Crippen LogP contribution in [0.3, 0.4) is 0 Å². The fourth-order valence-electron chi connectivity index (χ4n) is 2.02. The molecule has 0 aliphatic carbocycles. The Balaban J connectivity index is 0.000000184. The van der Waals surface area contributed by atoms with Crippen molar-refractivity contribution in [2.24, 2.45) is 0 Å². The Hall–Kier alpha value is -1.15. The Morgan fingerprint density at radius 3 is 2.32 bits per heavy atom. The molecule has 1 heterocycles. The van der Waals surface area contributed by atoms with Gasteiger partial charge in [0.25, 0.3) is 0 Å². The summed E-state index contributed by atoms with van der Waals surface area (Å²) >= 11 is -0.826. The van der Waals surface area contributed by atoms with Gasteiger partial charge in [-0.2, -0.15) is 18.2 Å². The van der Waals surface area contributed by atoms with Gasteiger partial charge in [0.05, 0.1) is 6.33 Å². The smallest absolute Gasteiger partial charge is 0.0977 e. The van der Waals surface area contributed by atoms with E-state index in [2.05, 4.69) is 41.4 Å². The van der Waals surface area contributed by atoms with E-state index >= 15 is 0 Å². The van der Waals surface area contributed by atoms with E-state index in [4.69, 9.17) is 17.0 Å². The van der Waals surface area contributed by atoms with Crippen LogP contribution in [0.25, 0.3) is 16.5 Å². The molecule has 0 fully saturated rings. The zero-order valence-corrected chi connectivity index (χ0v) is 15.7. The van der Waals surface area contributed by atoms with Crippen molar-refractivity contribution in [3.8, 4) is 5.69 Å². The topological polar surface area (TPSA) is 17.8 Å². The van der Waals surface area contributed by atoms with E-state index in [1.165, 1.54) is 16.5 Å². The normalized spacial score (nSPS) is 9.18. The number of aromatic nitrogens is 2. The zero-order chi connectivity index (χ0) is 15.6. The van der Waals surface area contributed by atoms with Crippen molar-refractivity contribution in [2.45, 2.75) is 0 Å². The molecule has 0 saturated heterocycles. The van der Waals surface area contributed by atoms with Gasteiger partial charge in [-0.1, -0.05) is 6.07 Å². The minimum atomic E-state index is -0.826. The fraction of sp³-hybridized carbons (Fsp3) is 0. The fourth-order valence-corrected chi connectivity index (χ4v) is 2.02. The molecule has 3 aromatic carbocycles. The van der Waals surface area contributed by atoms with Crippen LogP contribution >= 0.6 is 17.0 Å². The number of nitrogens with zero attached hydrogens (tertiary/aromatic N) is 2. The van der Waals surface area contributed by atoms with Crippen LogP contribution in [-0.2, 0) is 20.8 Å². The summed E-state index contributed by atoms with van der Waals surface area (Å²) in [7, 11) is 9.87. The van der Waals surface area contributed by atoms with Gasteiger partial charge in [0.1, 0.15) is 0 Å². The molecule has 1 aromatic heterocycles. The minimum Gasteiger partial charge on any atom is -0.325 e. The van der Waals surface area contributed by atoms with Crippen LogP contribution in [0.5, 0.6) is 0 Å². The molecule has 2 nitrogen and oxygen atoms in total. The van der Waals surface area contributed by atoms with Crippen molar-refractivity contribution in [3.05, 3.63) is 85.5 Å². The predicted molar refractivity (Wildman–Crippen MR) is 90.4 cm³/mol. The zero-order valence-electron chi connectivity index (χ0n) is 11.7. The molecule has 4 aromatic rings. The Morgan fingerprint density at radius 2 is 1.77 bits per heavy atom. The van der Waals surface area contributed by atoms with Gasteiger partial charge in [-0.15, -0.1) is 41.1 Å². The second-order valence-electron chi connectivity index (χ2n) is 4.35. The van der Waals surface area contributed by atoms with Gasteiger partial charge in [0.15, 0.2) is 0 Å². The van der Waals surface area contributed by atoms with Crippen molar-refractivity contribution in [1.29, 1.82) is 0 Å². The van der Waals surface area contributed by atoms with Crippen LogP contribution in [0.15, 0.2) is 85.5 Å². The quantitative estimate of drug-likeness (QED) is 0.379. The van der Waals surface area contributed by atoms with Gasteiger partial charge in [-0.25, -0.2) is 17.1 Å². The second kappa shape index (κ2) is 9.79. The molecular formula is C17H14Cl2N2Zr. The van der Waals surface area contributed by atoms with Crippen molar-refractivity contribution in [1.82, 2.24) is 9.55 Å². The van der Waals surface area contributed by atoms with Gasteiger partial charge in [0, 0.05) is 12.4 Å². The number of rotatable bonds is 1. The monoisotopic (exact) mass is 406 g/mol. The van der Waals surface area contributed by atoms with Gasteiger partial charge in [0.2, 0.25) is 0 Å². The number of benzene rings is 1. The molecule has 0 unspecified atom stereocenters. The maximum absolute atomic E-state index is 4.93. The average molecular weight is 408 g/mol. The third kappa shape index (κ3) is 5.24. The summed E-state index contributed by atoms with van der Waals surface area (Å²) in [5.41, 5.74) is 1.17. The van der Waals surface area contributed by atoms with E-state index in [0.717, 1.165) is 0 Å². The van der Waals surface area contributed by atoms with E-state index in [1.54, 1.807) is 6.20 Å². The van der Waals surface area contributed by atoms with E-state index in [9.17, 15) is 0 Å². The molecule has 0 spiro atoms. The first-order chi connectivity index (χ1) is 10.8. The second-order valence-corrected chi connectivity index (χ2v) is 8.08. The summed E-state index contributed by atoms with van der Waals surface area (Å²) in [6, 6.07) is 22.7. The molecule has 0 bridgehead atoms. The van der Waals surface area contributed by atoms with Crippen LogP contribution in [0, 0.1) is 0 Å². The van der Waals surface area contributed by atoms with Crippen LogP contribution in [0.2, 0.25) is 0 Å². The number of halogens is 2. The first-order valence-corrected chi connectivity index (χ1v) is 12.9. The van der Waals surface area contributed by atoms with Crippen LogP contribution < -0.4 is 0 Å². The van der Waals surface area contributed by atoms with Crippen LogP contribution in [0.1, 0.15) is 0 Å². The Labute approximate surface area is 148 Å². The maximum Gasteiger partial charge on any atom is 0.0977 e. The molecule has 0 radical (unpaired) electrons. The Bertz CT molecular complexity index is 696. The molecule has 0 saturated carbocycles. The molecule has 4 rings (SSSR count). The van der Waals surface area contributed by atoms with Crippen LogP contribution in [-0.4, -0.2) is 9.55 Å². The number of hydrogen-bond acceptors (Lipinski definition) is 1. The minimum absolute atomic E-state index is 0.826. The standard InChI is InChI=1S/C12H9N2.C5H5.2ClH.Zr/c1-2-4-11-8-12(7-10(11)3-1)14-6-5-13-9-14;1-2-4-5-3-1;;;/h1-9H;1-5H;2*1H;/q2*-1;;;+4/p-2. The summed E-state index contributed by atoms with van der Waals surface area (Å²) in [4.78, 5) is 4.03. The molecule has 0 aliphatic heterocycles. The number of fused-ring (bicyclic) bond motifs is 1. The largest absolute Gasteiger partial charge is 0.325 e. The van der Waals surface area contributed by atoms with Gasteiger partial charge in [-0.3, -0.25) is 0 Å². The average Bonchev–Trinajstić information content (AvgIpc) is 3.29. The first kappa shape index (κ1) is 17.2. The molecule has 110 valence electrons. The Kier molecular flexibility index (Phi) is 7.66. The summed E-state index contributed by atoms with van der Waals surface area (Å²) in [6.45, 7) is 0. The van der Waals surface area contributed by atoms with Gasteiger partial charge >= 0.3 is 37.9 Å². The molecular weight excluding hydrogens is 394 g/mol. The van der Waals surface area contributed by atoms with Crippen molar-refractivity contribution >= 4 is 27.8 Å². The van der Waals surface area contributed by atoms with Gasteiger partial charge < -0.3 is 4.57 Å². The third-order valence-corrected chi connectivity index (χ3v) is 2.96. The maximum atomic E-state index is 4.93. The molecule has 0 amide bonds.